The van der Waals surface area contributed by atoms with Gasteiger partial charge in [-0.25, -0.2) is 0 Å². The largest absolute Gasteiger partial charge is 0.375 e. The van der Waals surface area contributed by atoms with Crippen molar-refractivity contribution in [3.8, 4) is 0 Å². The van der Waals surface area contributed by atoms with Crippen LogP contribution in [-0.4, -0.2) is 41.6 Å². The molecule has 1 aliphatic heterocycles. The van der Waals surface area contributed by atoms with Gasteiger partial charge >= 0.3 is 0 Å². The van der Waals surface area contributed by atoms with Crippen molar-refractivity contribution in [3.05, 3.63) is 22.4 Å². The molecule has 162 valence electrons. The lowest BCUT2D eigenvalue weighted by Gasteiger charge is -2.37. The van der Waals surface area contributed by atoms with Crippen LogP contribution in [0.3, 0.4) is 0 Å². The molecule has 1 aromatic heterocycles. The maximum Gasteiger partial charge on any atom is 0.257 e. The third-order valence-electron chi connectivity index (χ3n) is 7.67. The van der Waals surface area contributed by atoms with E-state index in [1.165, 1.54) is 45.1 Å². The summed E-state index contributed by atoms with van der Waals surface area (Å²) in [5.74, 6) is 0.757. The molecular weight excluding hydrogens is 380 g/mol. The van der Waals surface area contributed by atoms with E-state index in [4.69, 9.17) is 0 Å². The number of hydrogen-bond donors (Lipinski definition) is 2. The van der Waals surface area contributed by atoms with Crippen LogP contribution in [0, 0.1) is 11.8 Å². The van der Waals surface area contributed by atoms with Crippen LogP contribution in [0.5, 0.6) is 0 Å². The van der Waals surface area contributed by atoms with Crippen LogP contribution < -0.4 is 5.32 Å². The zero-order chi connectivity index (χ0) is 20.1. The van der Waals surface area contributed by atoms with Gasteiger partial charge in [-0.3, -0.25) is 4.79 Å². The number of piperidine rings is 1. The van der Waals surface area contributed by atoms with Crippen molar-refractivity contribution in [2.45, 2.75) is 88.7 Å². The number of nitrogens with one attached hydrogen (secondary N) is 1. The zero-order valence-corrected chi connectivity index (χ0v) is 18.6. The highest BCUT2D eigenvalue weighted by molar-refractivity contribution is 7.08. The van der Waals surface area contributed by atoms with Crippen molar-refractivity contribution in [2.24, 2.45) is 11.8 Å². The second-order valence-corrected chi connectivity index (χ2v) is 10.4. The molecule has 0 aromatic carbocycles. The van der Waals surface area contributed by atoms with Crippen LogP contribution in [0.1, 0.15) is 82.6 Å². The van der Waals surface area contributed by atoms with E-state index in [1.54, 1.807) is 11.3 Å². The molecule has 2 saturated carbocycles. The van der Waals surface area contributed by atoms with Crippen molar-refractivity contribution in [2.75, 3.05) is 19.6 Å². The molecule has 0 spiro atoms. The average molecular weight is 419 g/mol. The van der Waals surface area contributed by atoms with E-state index in [0.717, 1.165) is 63.1 Å². The van der Waals surface area contributed by atoms with Crippen molar-refractivity contribution < 1.29 is 9.90 Å². The quantitative estimate of drug-likeness (QED) is 0.660. The molecule has 4 rings (SSSR count). The Labute approximate surface area is 180 Å². The molecule has 4 nitrogen and oxygen atoms in total. The lowest BCUT2D eigenvalue weighted by atomic mass is 9.80. The smallest absolute Gasteiger partial charge is 0.257 e. The number of aliphatic hydroxyl groups is 1. The molecule has 1 amide bonds. The summed E-state index contributed by atoms with van der Waals surface area (Å²) in [7, 11) is 0. The molecule has 2 aliphatic carbocycles. The van der Waals surface area contributed by atoms with E-state index >= 15 is 0 Å². The molecular formula is C24H38N2O2S. The van der Waals surface area contributed by atoms with Crippen molar-refractivity contribution in [1.29, 1.82) is 0 Å². The van der Waals surface area contributed by atoms with E-state index in [9.17, 15) is 9.90 Å². The van der Waals surface area contributed by atoms with E-state index in [0.29, 0.717) is 0 Å². The molecule has 2 heterocycles. The highest BCUT2D eigenvalue weighted by Crippen LogP contribution is 2.41. The van der Waals surface area contributed by atoms with Crippen LogP contribution in [0.2, 0.25) is 0 Å². The van der Waals surface area contributed by atoms with Gasteiger partial charge in [-0.15, -0.1) is 0 Å². The van der Waals surface area contributed by atoms with Crippen molar-refractivity contribution >= 4 is 17.2 Å². The molecule has 1 aromatic rings. The standard InChI is InChI=1S/C24H38N2O2S/c27-23(24(28,20-9-5-6-10-20)21-13-16-29-18-21)25-22-11-14-26(15-12-22)17-19-7-3-1-2-4-8-19/h13,16,18-20,22,28H,1-12,14-15,17H2,(H,25,27). The molecule has 1 atom stereocenters. The molecule has 2 N–H and O–H groups in total. The predicted octanol–water partition coefficient (Wildman–Crippen LogP) is 4.68. The number of amides is 1. The SMILES string of the molecule is O=C(NC1CCN(CC2CCCCCC2)CC1)C(O)(c1ccsc1)C1CCCC1. The van der Waals surface area contributed by atoms with Crippen LogP contribution in [0.15, 0.2) is 16.8 Å². The number of likely N-dealkylation sites (tertiary alicyclic amines) is 1. The van der Waals surface area contributed by atoms with Gasteiger partial charge in [-0.05, 0) is 61.3 Å². The highest BCUT2D eigenvalue weighted by Gasteiger charge is 2.47. The zero-order valence-electron chi connectivity index (χ0n) is 17.8. The molecule has 5 heteroatoms. The fraction of sp³-hybridized carbons (Fsp3) is 0.792. The van der Waals surface area contributed by atoms with Gasteiger partial charge in [0.2, 0.25) is 0 Å². The number of carbonyl (C=O) groups excluding carboxylic acids is 1. The normalized spacial score (nSPS) is 25.6. The van der Waals surface area contributed by atoms with Gasteiger partial charge < -0.3 is 15.3 Å². The average Bonchev–Trinajstić information content (AvgIpc) is 3.41. The Morgan fingerprint density at radius 2 is 1.69 bits per heavy atom. The van der Waals surface area contributed by atoms with Crippen molar-refractivity contribution in [3.63, 3.8) is 0 Å². The highest BCUT2D eigenvalue weighted by atomic mass is 32.1. The Balaban J connectivity index is 1.31. The second-order valence-electron chi connectivity index (χ2n) is 9.67. The summed E-state index contributed by atoms with van der Waals surface area (Å²) < 4.78 is 0. The maximum absolute atomic E-state index is 13.3. The number of hydrogen-bond acceptors (Lipinski definition) is 4. The summed E-state index contributed by atoms with van der Waals surface area (Å²) in [4.78, 5) is 15.9. The fourth-order valence-electron chi connectivity index (χ4n) is 5.84. The lowest BCUT2D eigenvalue weighted by molar-refractivity contribution is -0.148. The van der Waals surface area contributed by atoms with Gasteiger partial charge in [0.15, 0.2) is 5.60 Å². The summed E-state index contributed by atoms with van der Waals surface area (Å²) in [6.07, 6.45) is 14.5. The third kappa shape index (κ3) is 5.05. The first-order valence-corrected chi connectivity index (χ1v) is 12.9. The minimum Gasteiger partial charge on any atom is -0.375 e. The summed E-state index contributed by atoms with van der Waals surface area (Å²) in [6.45, 7) is 3.38. The van der Waals surface area contributed by atoms with Gasteiger partial charge in [0, 0.05) is 37.2 Å². The summed E-state index contributed by atoms with van der Waals surface area (Å²) >= 11 is 1.56. The summed E-state index contributed by atoms with van der Waals surface area (Å²) in [6, 6.07) is 2.12. The topological polar surface area (TPSA) is 52.6 Å². The Bertz CT molecular complexity index is 627. The molecule has 29 heavy (non-hydrogen) atoms. The second kappa shape index (κ2) is 9.93. The Hall–Kier alpha value is -0.910. The Morgan fingerprint density at radius 1 is 1.03 bits per heavy atom. The molecule has 3 fully saturated rings. The van der Waals surface area contributed by atoms with E-state index in [2.05, 4.69) is 10.2 Å². The van der Waals surface area contributed by atoms with Gasteiger partial charge in [-0.1, -0.05) is 38.5 Å². The molecule has 0 radical (unpaired) electrons. The van der Waals surface area contributed by atoms with E-state index in [1.807, 2.05) is 16.8 Å². The van der Waals surface area contributed by atoms with E-state index < -0.39 is 5.60 Å². The number of rotatable bonds is 6. The Morgan fingerprint density at radius 3 is 2.31 bits per heavy atom. The predicted molar refractivity (Wildman–Crippen MR) is 119 cm³/mol. The lowest BCUT2D eigenvalue weighted by Crippen LogP contribution is -2.54. The van der Waals surface area contributed by atoms with Crippen LogP contribution in [0.25, 0.3) is 0 Å². The number of carbonyl (C=O) groups is 1. The third-order valence-corrected chi connectivity index (χ3v) is 8.35. The summed E-state index contributed by atoms with van der Waals surface area (Å²) in [5, 5.41) is 18.7. The van der Waals surface area contributed by atoms with Crippen LogP contribution in [-0.2, 0) is 10.4 Å². The minimum atomic E-state index is -1.35. The Kier molecular flexibility index (Phi) is 7.30. The van der Waals surface area contributed by atoms with E-state index in [-0.39, 0.29) is 17.9 Å². The van der Waals surface area contributed by atoms with Gasteiger partial charge in [0.1, 0.15) is 0 Å². The molecule has 3 aliphatic rings. The van der Waals surface area contributed by atoms with Gasteiger partial charge in [0.25, 0.3) is 5.91 Å². The first-order valence-electron chi connectivity index (χ1n) is 11.9. The van der Waals surface area contributed by atoms with Crippen molar-refractivity contribution in [1.82, 2.24) is 10.2 Å². The summed E-state index contributed by atoms with van der Waals surface area (Å²) in [5.41, 5.74) is -0.564. The van der Waals surface area contributed by atoms with Gasteiger partial charge in [-0.2, -0.15) is 11.3 Å². The number of nitrogens with zero attached hydrogens (tertiary/aromatic N) is 1. The monoisotopic (exact) mass is 418 g/mol. The van der Waals surface area contributed by atoms with Gasteiger partial charge in [0.05, 0.1) is 0 Å². The first-order chi connectivity index (χ1) is 14.2. The maximum atomic E-state index is 13.3. The minimum absolute atomic E-state index is 0.0485. The fourth-order valence-corrected chi connectivity index (χ4v) is 6.55. The first kappa shape index (κ1) is 21.3. The van der Waals surface area contributed by atoms with Crippen LogP contribution in [0.4, 0.5) is 0 Å². The molecule has 1 saturated heterocycles. The number of thiophene rings is 1. The molecule has 0 bridgehead atoms. The van der Waals surface area contributed by atoms with Crippen LogP contribution >= 0.6 is 11.3 Å². The molecule has 1 unspecified atom stereocenters.